The molecule has 5 heteroatoms. The van der Waals surface area contributed by atoms with E-state index in [1.807, 2.05) is 34.0 Å². The van der Waals surface area contributed by atoms with Gasteiger partial charge in [0.05, 0.1) is 17.8 Å². The minimum Gasteiger partial charge on any atom is -0.365 e. The van der Waals surface area contributed by atoms with Gasteiger partial charge < -0.3 is 10.1 Å². The molecule has 2 rings (SSSR count). The highest BCUT2D eigenvalue weighted by molar-refractivity contribution is 5.81. The van der Waals surface area contributed by atoms with Crippen molar-refractivity contribution in [1.29, 1.82) is 0 Å². The Morgan fingerprint density at radius 3 is 2.68 bits per heavy atom. The van der Waals surface area contributed by atoms with Gasteiger partial charge in [0.2, 0.25) is 5.91 Å². The van der Waals surface area contributed by atoms with Gasteiger partial charge in [-0.15, -0.1) is 0 Å². The Bertz CT molecular complexity index is 490. The van der Waals surface area contributed by atoms with E-state index in [-0.39, 0.29) is 18.1 Å². The molecule has 22 heavy (non-hydrogen) atoms. The largest absolute Gasteiger partial charge is 0.365 e. The lowest BCUT2D eigenvalue weighted by molar-refractivity contribution is -0.140. The first-order chi connectivity index (χ1) is 10.4. The molecule has 0 aromatic carbocycles. The van der Waals surface area contributed by atoms with Gasteiger partial charge in [0, 0.05) is 18.8 Å². The van der Waals surface area contributed by atoms with Crippen molar-refractivity contribution < 1.29 is 9.53 Å². The highest BCUT2D eigenvalue weighted by Gasteiger charge is 2.29. The second-order valence-corrected chi connectivity index (χ2v) is 6.81. The van der Waals surface area contributed by atoms with E-state index in [0.717, 1.165) is 18.4 Å². The number of carbonyl (C=O) groups excluding carboxylic acids is 1. The van der Waals surface area contributed by atoms with Crippen molar-refractivity contribution in [2.75, 3.05) is 0 Å². The molecular formula is C17H29N3O2. The quantitative estimate of drug-likeness (QED) is 0.879. The van der Waals surface area contributed by atoms with Crippen LogP contribution in [0.25, 0.3) is 0 Å². The Balaban J connectivity index is 1.95. The lowest BCUT2D eigenvalue weighted by Gasteiger charge is -2.30. The van der Waals surface area contributed by atoms with E-state index in [9.17, 15) is 4.79 Å². The van der Waals surface area contributed by atoms with Gasteiger partial charge in [0.1, 0.15) is 6.10 Å². The van der Waals surface area contributed by atoms with E-state index in [2.05, 4.69) is 10.4 Å². The fraction of sp³-hybridized carbons (Fsp3) is 0.765. The zero-order valence-electron chi connectivity index (χ0n) is 14.3. The van der Waals surface area contributed by atoms with Crippen molar-refractivity contribution in [2.45, 2.75) is 77.0 Å². The zero-order chi connectivity index (χ0) is 16.2. The van der Waals surface area contributed by atoms with Gasteiger partial charge >= 0.3 is 0 Å². The van der Waals surface area contributed by atoms with Crippen molar-refractivity contribution in [2.24, 2.45) is 7.05 Å². The second-order valence-electron chi connectivity index (χ2n) is 6.81. The van der Waals surface area contributed by atoms with Crippen LogP contribution in [0.5, 0.6) is 0 Å². The highest BCUT2D eigenvalue weighted by Crippen LogP contribution is 2.23. The predicted molar refractivity (Wildman–Crippen MR) is 86.4 cm³/mol. The number of aryl methyl sites for hydroxylation is 1. The summed E-state index contributed by atoms with van der Waals surface area (Å²) in [6, 6.07) is 0. The molecular weight excluding hydrogens is 278 g/mol. The third kappa shape index (κ3) is 4.32. The zero-order valence-corrected chi connectivity index (χ0v) is 14.3. The Kier molecular flexibility index (Phi) is 5.62. The van der Waals surface area contributed by atoms with Crippen molar-refractivity contribution in [3.8, 4) is 0 Å². The average Bonchev–Trinajstić information content (AvgIpc) is 2.93. The summed E-state index contributed by atoms with van der Waals surface area (Å²) >= 11 is 0. The van der Waals surface area contributed by atoms with E-state index >= 15 is 0 Å². The third-order valence-electron chi connectivity index (χ3n) is 4.43. The molecule has 0 bridgehead atoms. The highest BCUT2D eigenvalue weighted by atomic mass is 16.5. The molecule has 1 fully saturated rings. The Hall–Kier alpha value is -1.36. The lowest BCUT2D eigenvalue weighted by Crippen LogP contribution is -2.47. The molecule has 1 aliphatic carbocycles. The normalized spacial score (nSPS) is 18.2. The number of nitrogens with zero attached hydrogens (tertiary/aromatic N) is 2. The van der Waals surface area contributed by atoms with E-state index < -0.39 is 5.54 Å². The minimum absolute atomic E-state index is 0.0260. The van der Waals surface area contributed by atoms with E-state index in [0.29, 0.717) is 6.42 Å². The van der Waals surface area contributed by atoms with Gasteiger partial charge in [-0.05, 0) is 33.1 Å². The third-order valence-corrected chi connectivity index (χ3v) is 4.43. The maximum Gasteiger partial charge on any atom is 0.249 e. The summed E-state index contributed by atoms with van der Waals surface area (Å²) in [5.41, 5.74) is 0.546. The van der Waals surface area contributed by atoms with Crippen LogP contribution in [0, 0.1) is 0 Å². The summed E-state index contributed by atoms with van der Waals surface area (Å²) in [5.74, 6) is -0.0260. The van der Waals surface area contributed by atoms with Crippen molar-refractivity contribution in [1.82, 2.24) is 15.1 Å². The number of ether oxygens (including phenoxy) is 1. The van der Waals surface area contributed by atoms with Gasteiger partial charge in [-0.1, -0.05) is 26.2 Å². The van der Waals surface area contributed by atoms with E-state index in [4.69, 9.17) is 4.74 Å². The molecule has 0 aliphatic heterocycles. The van der Waals surface area contributed by atoms with Gasteiger partial charge in [-0.25, -0.2) is 0 Å². The molecule has 0 unspecified atom stereocenters. The first-order valence-corrected chi connectivity index (χ1v) is 8.39. The van der Waals surface area contributed by atoms with Crippen molar-refractivity contribution >= 4 is 5.91 Å². The number of hydrogen-bond acceptors (Lipinski definition) is 3. The fourth-order valence-corrected chi connectivity index (χ4v) is 2.98. The molecule has 0 spiro atoms. The van der Waals surface area contributed by atoms with Gasteiger partial charge in [-0.3, -0.25) is 9.48 Å². The standard InChI is InChI=1S/C17H29N3O2/c1-5-15(22-14-9-7-6-8-10-14)16(21)19-17(2,3)13-11-18-20(4)12-13/h11-12,14-15H,5-10H2,1-4H3,(H,19,21)/t15-/m1/s1. The fourth-order valence-electron chi connectivity index (χ4n) is 2.98. The summed E-state index contributed by atoms with van der Waals surface area (Å²) in [6.07, 6.45) is 10.2. The molecule has 5 nitrogen and oxygen atoms in total. The van der Waals surface area contributed by atoms with E-state index in [1.54, 1.807) is 10.9 Å². The van der Waals surface area contributed by atoms with Crippen LogP contribution in [0.3, 0.4) is 0 Å². The molecule has 1 aliphatic rings. The number of hydrogen-bond donors (Lipinski definition) is 1. The Morgan fingerprint density at radius 2 is 2.14 bits per heavy atom. The number of rotatable bonds is 6. The number of aromatic nitrogens is 2. The van der Waals surface area contributed by atoms with Crippen LogP contribution >= 0.6 is 0 Å². The van der Waals surface area contributed by atoms with Gasteiger partial charge in [0.15, 0.2) is 0 Å². The summed E-state index contributed by atoms with van der Waals surface area (Å²) in [5, 5.41) is 7.29. The second kappa shape index (κ2) is 7.27. The number of carbonyl (C=O) groups is 1. The van der Waals surface area contributed by atoms with Gasteiger partial charge in [-0.2, -0.15) is 5.10 Å². The maximum absolute atomic E-state index is 12.6. The predicted octanol–water partition coefficient (Wildman–Crippen LogP) is 2.90. The molecule has 1 saturated carbocycles. The number of nitrogens with one attached hydrogen (secondary N) is 1. The molecule has 1 aromatic heterocycles. The van der Waals surface area contributed by atoms with Crippen LogP contribution in [-0.4, -0.2) is 27.9 Å². The molecule has 1 amide bonds. The Morgan fingerprint density at radius 1 is 1.45 bits per heavy atom. The van der Waals surface area contributed by atoms with E-state index in [1.165, 1.54) is 19.3 Å². The summed E-state index contributed by atoms with van der Waals surface area (Å²) < 4.78 is 7.81. The van der Waals surface area contributed by atoms with Crippen LogP contribution in [0.1, 0.15) is 64.9 Å². The van der Waals surface area contributed by atoms with Crippen LogP contribution in [0.2, 0.25) is 0 Å². The van der Waals surface area contributed by atoms with Crippen molar-refractivity contribution in [3.05, 3.63) is 18.0 Å². The molecule has 1 heterocycles. The smallest absolute Gasteiger partial charge is 0.249 e. The summed E-state index contributed by atoms with van der Waals surface area (Å²) in [7, 11) is 1.88. The summed E-state index contributed by atoms with van der Waals surface area (Å²) in [6.45, 7) is 5.99. The monoisotopic (exact) mass is 307 g/mol. The average molecular weight is 307 g/mol. The molecule has 124 valence electrons. The van der Waals surface area contributed by atoms with Gasteiger partial charge in [0.25, 0.3) is 0 Å². The Labute approximate surface area is 133 Å². The number of amides is 1. The first kappa shape index (κ1) is 17.0. The topological polar surface area (TPSA) is 56.1 Å². The molecule has 1 atom stereocenters. The molecule has 0 saturated heterocycles. The molecule has 1 N–H and O–H groups in total. The van der Waals surface area contributed by atoms with Crippen LogP contribution < -0.4 is 5.32 Å². The molecule has 0 radical (unpaired) electrons. The maximum atomic E-state index is 12.6. The first-order valence-electron chi connectivity index (χ1n) is 8.39. The lowest BCUT2D eigenvalue weighted by atomic mass is 9.96. The SMILES string of the molecule is CC[C@@H](OC1CCCCC1)C(=O)NC(C)(C)c1cnn(C)c1. The van der Waals surface area contributed by atoms with Crippen LogP contribution in [-0.2, 0) is 22.1 Å². The van der Waals surface area contributed by atoms with Crippen molar-refractivity contribution in [3.63, 3.8) is 0 Å². The van der Waals surface area contributed by atoms with Crippen LogP contribution in [0.4, 0.5) is 0 Å². The van der Waals surface area contributed by atoms with Crippen LogP contribution in [0.15, 0.2) is 12.4 Å². The molecule has 1 aromatic rings. The summed E-state index contributed by atoms with van der Waals surface area (Å²) in [4.78, 5) is 12.6. The minimum atomic E-state index is -0.450.